The normalized spacial score (nSPS) is 12.4. The zero-order valence-corrected chi connectivity index (χ0v) is 5.60. The van der Waals surface area contributed by atoms with Crippen LogP contribution in [0.25, 0.3) is 0 Å². The van der Waals surface area contributed by atoms with Gasteiger partial charge in [0.1, 0.15) is 12.7 Å². The van der Waals surface area contributed by atoms with Gasteiger partial charge in [0.25, 0.3) is 0 Å². The monoisotopic (exact) mass is 146 g/mol. The third kappa shape index (κ3) is 0.778. The lowest BCUT2D eigenvalue weighted by molar-refractivity contribution is 1.11. The lowest BCUT2D eigenvalue weighted by Gasteiger charge is -1.95. The second-order valence-electron chi connectivity index (χ2n) is 1.90. The van der Waals surface area contributed by atoms with E-state index in [2.05, 4.69) is 32.0 Å². The smallest absolute Gasteiger partial charge is 0.185 e. The Morgan fingerprint density at radius 1 is 1.36 bits per heavy atom. The Kier molecular flexibility index (Phi) is 1.15. The molecule has 1 aliphatic heterocycles. The van der Waals surface area contributed by atoms with Crippen LogP contribution >= 0.6 is 0 Å². The van der Waals surface area contributed by atoms with Crippen LogP contribution in [0.15, 0.2) is 16.3 Å². The molecule has 5 heteroatoms. The number of nitrogens with zero attached hydrogens (tertiary/aromatic N) is 5. The number of hydrogen-bond acceptors (Lipinski definition) is 4. The Hall–Kier alpha value is -1.78. The molecule has 0 bridgehead atoms. The van der Waals surface area contributed by atoms with Gasteiger partial charge in [-0.2, -0.15) is 0 Å². The molecule has 0 saturated heterocycles. The molecule has 0 aromatic carbocycles. The van der Waals surface area contributed by atoms with Crippen molar-refractivity contribution in [2.45, 2.75) is 0 Å². The SMILES string of the molecule is C=Nc1ncnc2c1N=C[N]2. The summed E-state index contributed by atoms with van der Waals surface area (Å²) in [5.74, 6) is 1.04. The molecule has 11 heavy (non-hydrogen) atoms. The molecule has 2 rings (SSSR count). The largest absolute Gasteiger partial charge is 0.243 e. The van der Waals surface area contributed by atoms with Crippen LogP contribution in [0, 0.1) is 0 Å². The van der Waals surface area contributed by atoms with E-state index in [-0.39, 0.29) is 0 Å². The van der Waals surface area contributed by atoms with E-state index in [0.717, 1.165) is 0 Å². The molecule has 1 radical (unpaired) electrons. The van der Waals surface area contributed by atoms with Crippen LogP contribution in [-0.2, 0) is 0 Å². The van der Waals surface area contributed by atoms with E-state index >= 15 is 0 Å². The first-order valence-electron chi connectivity index (χ1n) is 2.97. The quantitative estimate of drug-likeness (QED) is 0.548. The van der Waals surface area contributed by atoms with Gasteiger partial charge in [0, 0.05) is 0 Å². The van der Waals surface area contributed by atoms with E-state index < -0.39 is 0 Å². The van der Waals surface area contributed by atoms with Crippen molar-refractivity contribution in [1.82, 2.24) is 15.3 Å². The maximum absolute atomic E-state index is 3.92. The van der Waals surface area contributed by atoms with Crippen molar-refractivity contribution < 1.29 is 0 Å². The Morgan fingerprint density at radius 2 is 2.27 bits per heavy atom. The second-order valence-corrected chi connectivity index (χ2v) is 1.90. The molecule has 0 aliphatic carbocycles. The summed E-state index contributed by atoms with van der Waals surface area (Å²) < 4.78 is 0. The summed E-state index contributed by atoms with van der Waals surface area (Å²) in [6.45, 7) is 3.35. The van der Waals surface area contributed by atoms with E-state index in [1.807, 2.05) is 0 Å². The van der Waals surface area contributed by atoms with Crippen LogP contribution in [0.5, 0.6) is 0 Å². The van der Waals surface area contributed by atoms with Gasteiger partial charge in [0.15, 0.2) is 17.3 Å². The van der Waals surface area contributed by atoms with Gasteiger partial charge in [-0.1, -0.05) is 0 Å². The van der Waals surface area contributed by atoms with Crippen LogP contribution < -0.4 is 5.32 Å². The molecular weight excluding hydrogens is 142 g/mol. The van der Waals surface area contributed by atoms with Crippen LogP contribution in [0.2, 0.25) is 0 Å². The molecule has 0 atom stereocenters. The molecule has 1 aromatic rings. The number of aliphatic imine (C=N–C) groups is 2. The molecule has 0 spiro atoms. The van der Waals surface area contributed by atoms with Gasteiger partial charge in [-0.05, 0) is 6.72 Å². The molecule has 2 heterocycles. The molecule has 0 amide bonds. The second kappa shape index (κ2) is 2.12. The highest BCUT2D eigenvalue weighted by atomic mass is 15.1. The number of aromatic nitrogens is 2. The predicted molar refractivity (Wildman–Crippen MR) is 41.2 cm³/mol. The Bertz CT molecular complexity index is 330. The van der Waals surface area contributed by atoms with Gasteiger partial charge in [0.2, 0.25) is 0 Å². The average molecular weight is 146 g/mol. The van der Waals surface area contributed by atoms with Crippen LogP contribution in [0.4, 0.5) is 17.3 Å². The van der Waals surface area contributed by atoms with Gasteiger partial charge in [-0.3, -0.25) is 0 Å². The third-order valence-corrected chi connectivity index (χ3v) is 1.30. The van der Waals surface area contributed by atoms with Crippen molar-refractivity contribution in [3.8, 4) is 0 Å². The van der Waals surface area contributed by atoms with Gasteiger partial charge in [-0.15, -0.1) is 0 Å². The van der Waals surface area contributed by atoms with Gasteiger partial charge < -0.3 is 0 Å². The highest BCUT2D eigenvalue weighted by Crippen LogP contribution is 2.33. The molecule has 0 saturated carbocycles. The fourth-order valence-corrected chi connectivity index (χ4v) is 0.827. The first-order valence-corrected chi connectivity index (χ1v) is 2.97. The van der Waals surface area contributed by atoms with Crippen molar-refractivity contribution >= 4 is 30.4 Å². The van der Waals surface area contributed by atoms with Crippen molar-refractivity contribution in [3.63, 3.8) is 0 Å². The molecule has 0 unspecified atom stereocenters. The molecule has 1 aromatic heterocycles. The fourth-order valence-electron chi connectivity index (χ4n) is 0.827. The Balaban J connectivity index is 2.66. The van der Waals surface area contributed by atoms with Crippen molar-refractivity contribution in [2.75, 3.05) is 0 Å². The maximum atomic E-state index is 3.92. The Labute approximate surface area is 62.9 Å². The highest BCUT2D eigenvalue weighted by Gasteiger charge is 2.13. The summed E-state index contributed by atoms with van der Waals surface area (Å²) in [6, 6.07) is 0. The number of fused-ring (bicyclic) bond motifs is 1. The molecule has 53 valence electrons. The highest BCUT2D eigenvalue weighted by molar-refractivity contribution is 5.84. The number of hydrogen-bond donors (Lipinski definition) is 0. The Morgan fingerprint density at radius 3 is 3.09 bits per heavy atom. The molecule has 0 fully saturated rings. The van der Waals surface area contributed by atoms with E-state index in [4.69, 9.17) is 0 Å². The minimum Gasteiger partial charge on any atom is -0.243 e. The van der Waals surface area contributed by atoms with Gasteiger partial charge >= 0.3 is 0 Å². The third-order valence-electron chi connectivity index (χ3n) is 1.30. The zero-order valence-electron chi connectivity index (χ0n) is 5.60. The van der Waals surface area contributed by atoms with E-state index in [0.29, 0.717) is 17.3 Å². The summed E-state index contributed by atoms with van der Waals surface area (Å²) in [5, 5.41) is 3.88. The minimum absolute atomic E-state index is 0.479. The first kappa shape index (κ1) is 5.96. The van der Waals surface area contributed by atoms with Gasteiger partial charge in [0.05, 0.1) is 0 Å². The van der Waals surface area contributed by atoms with Crippen LogP contribution in [0.1, 0.15) is 0 Å². The van der Waals surface area contributed by atoms with Gasteiger partial charge in [-0.25, -0.2) is 25.3 Å². The van der Waals surface area contributed by atoms with Crippen LogP contribution in [0.3, 0.4) is 0 Å². The van der Waals surface area contributed by atoms with Crippen LogP contribution in [-0.4, -0.2) is 23.0 Å². The minimum atomic E-state index is 0.479. The molecular formula is C6H4N5. The topological polar surface area (TPSA) is 64.6 Å². The lowest BCUT2D eigenvalue weighted by Crippen LogP contribution is -1.89. The summed E-state index contributed by atoms with van der Waals surface area (Å²) in [7, 11) is 0. The average Bonchev–Trinajstić information content (AvgIpc) is 2.50. The standard InChI is InChI=1S/C6H4N5/c1-7-5-4-6(10-2-8-4)11-3-9-5/h2-3H,1H2. The van der Waals surface area contributed by atoms with Crippen molar-refractivity contribution in [2.24, 2.45) is 9.98 Å². The summed E-state index contributed by atoms with van der Waals surface area (Å²) in [6.07, 6.45) is 2.81. The van der Waals surface area contributed by atoms with E-state index in [1.54, 1.807) is 0 Å². The lowest BCUT2D eigenvalue weighted by atomic mass is 10.4. The molecule has 0 N–H and O–H groups in total. The zero-order chi connectivity index (χ0) is 7.68. The summed E-state index contributed by atoms with van der Waals surface area (Å²) in [5.41, 5.74) is 0.600. The van der Waals surface area contributed by atoms with Crippen molar-refractivity contribution in [3.05, 3.63) is 6.33 Å². The van der Waals surface area contributed by atoms with Crippen molar-refractivity contribution in [1.29, 1.82) is 0 Å². The number of rotatable bonds is 1. The first-order chi connectivity index (χ1) is 5.42. The summed E-state index contributed by atoms with van der Waals surface area (Å²) in [4.78, 5) is 15.3. The molecule has 1 aliphatic rings. The predicted octanol–water partition coefficient (Wildman–Crippen LogP) is 0.718. The maximum Gasteiger partial charge on any atom is 0.185 e. The fraction of sp³-hybridized carbons (Fsp3) is 0. The molecule has 5 nitrogen and oxygen atoms in total. The van der Waals surface area contributed by atoms with E-state index in [9.17, 15) is 0 Å². The van der Waals surface area contributed by atoms with E-state index in [1.165, 1.54) is 12.7 Å². The summed E-state index contributed by atoms with van der Waals surface area (Å²) >= 11 is 0.